The van der Waals surface area contributed by atoms with Gasteiger partial charge in [0.15, 0.2) is 0 Å². The number of nitriles is 1. The number of hydrogen-bond acceptors (Lipinski definition) is 2. The summed E-state index contributed by atoms with van der Waals surface area (Å²) in [6.07, 6.45) is 6.19. The number of hydrogen-bond donors (Lipinski definition) is 0. The zero-order valence-electron chi connectivity index (χ0n) is 7.77. The summed E-state index contributed by atoms with van der Waals surface area (Å²) >= 11 is 0. The second kappa shape index (κ2) is 3.21. The molecule has 13 heavy (non-hydrogen) atoms. The Kier molecular flexibility index (Phi) is 2.05. The Morgan fingerprint density at radius 2 is 2.54 bits per heavy atom. The predicted molar refractivity (Wildman–Crippen MR) is 48.8 cm³/mol. The second-order valence-electron chi connectivity index (χ2n) is 3.70. The Bertz CT molecular complexity index is 330. The van der Waals surface area contributed by atoms with Crippen LogP contribution < -0.4 is 0 Å². The van der Waals surface area contributed by atoms with Crippen molar-refractivity contribution in [2.45, 2.75) is 26.3 Å². The van der Waals surface area contributed by atoms with E-state index in [-0.39, 0.29) is 5.92 Å². The molecule has 1 aromatic rings. The molecule has 68 valence electrons. The molecule has 3 heteroatoms. The average molecular weight is 175 g/mol. The standard InChI is InChI=1S/C10H13N3/c1-8-12-4-5-13(8)7-10(6-11)9-2-3-9/h4-5,9-10H,2-3,7H2,1H3. The Labute approximate surface area is 78.0 Å². The third-order valence-corrected chi connectivity index (χ3v) is 2.67. The van der Waals surface area contributed by atoms with Crippen molar-refractivity contribution >= 4 is 0 Å². The predicted octanol–water partition coefficient (Wildman–Crippen LogP) is 1.74. The summed E-state index contributed by atoms with van der Waals surface area (Å²) in [4.78, 5) is 4.14. The highest BCUT2D eigenvalue weighted by Gasteiger charge is 2.31. The molecule has 1 atom stereocenters. The molecule has 1 aliphatic rings. The van der Waals surface area contributed by atoms with E-state index in [2.05, 4.69) is 15.6 Å². The van der Waals surface area contributed by atoms with Crippen LogP contribution in [0.25, 0.3) is 0 Å². The second-order valence-corrected chi connectivity index (χ2v) is 3.70. The van der Waals surface area contributed by atoms with Crippen LogP contribution in [0.2, 0.25) is 0 Å². The van der Waals surface area contributed by atoms with Crippen molar-refractivity contribution in [1.29, 1.82) is 5.26 Å². The van der Waals surface area contributed by atoms with Crippen molar-refractivity contribution in [3.8, 4) is 6.07 Å². The molecule has 0 N–H and O–H groups in total. The first kappa shape index (κ1) is 8.31. The van der Waals surface area contributed by atoms with E-state index in [4.69, 9.17) is 5.26 Å². The van der Waals surface area contributed by atoms with Gasteiger partial charge in [-0.1, -0.05) is 0 Å². The van der Waals surface area contributed by atoms with Crippen LogP contribution in [-0.2, 0) is 6.54 Å². The molecule has 0 spiro atoms. The first-order chi connectivity index (χ1) is 6.31. The van der Waals surface area contributed by atoms with Crippen LogP contribution in [-0.4, -0.2) is 9.55 Å². The van der Waals surface area contributed by atoms with E-state index in [1.165, 1.54) is 12.8 Å². The van der Waals surface area contributed by atoms with Crippen molar-refractivity contribution in [2.75, 3.05) is 0 Å². The monoisotopic (exact) mass is 175 g/mol. The first-order valence-electron chi connectivity index (χ1n) is 4.68. The number of imidazole rings is 1. The Balaban J connectivity index is 2.04. The van der Waals surface area contributed by atoms with E-state index < -0.39 is 0 Å². The molecule has 0 aromatic carbocycles. The molecule has 1 unspecified atom stereocenters. The molecule has 1 heterocycles. The van der Waals surface area contributed by atoms with Crippen LogP contribution in [0.3, 0.4) is 0 Å². The summed E-state index contributed by atoms with van der Waals surface area (Å²) in [6.45, 7) is 2.79. The zero-order valence-corrected chi connectivity index (χ0v) is 7.77. The van der Waals surface area contributed by atoms with Crippen LogP contribution in [0.15, 0.2) is 12.4 Å². The minimum atomic E-state index is 0.188. The van der Waals surface area contributed by atoms with Gasteiger partial charge in [0, 0.05) is 18.9 Å². The SMILES string of the molecule is Cc1nccn1CC(C#N)C1CC1. The number of aromatic nitrogens is 2. The summed E-state index contributed by atoms with van der Waals surface area (Å²) in [5, 5.41) is 8.94. The van der Waals surface area contributed by atoms with Gasteiger partial charge in [-0.2, -0.15) is 5.26 Å². The maximum absolute atomic E-state index is 8.94. The Morgan fingerprint density at radius 3 is 3.00 bits per heavy atom. The van der Waals surface area contributed by atoms with Crippen molar-refractivity contribution in [3.63, 3.8) is 0 Å². The van der Waals surface area contributed by atoms with Gasteiger partial charge in [0.25, 0.3) is 0 Å². The summed E-state index contributed by atoms with van der Waals surface area (Å²) in [5.41, 5.74) is 0. The fraction of sp³-hybridized carbons (Fsp3) is 0.600. The molecule has 1 aromatic heterocycles. The third-order valence-electron chi connectivity index (χ3n) is 2.67. The fourth-order valence-electron chi connectivity index (χ4n) is 1.60. The number of nitrogens with zero attached hydrogens (tertiary/aromatic N) is 3. The van der Waals surface area contributed by atoms with Crippen LogP contribution in [0.4, 0.5) is 0 Å². The summed E-state index contributed by atoms with van der Waals surface area (Å²) in [5.74, 6) is 1.83. The molecule has 1 fully saturated rings. The molecule has 2 rings (SSSR count). The summed E-state index contributed by atoms with van der Waals surface area (Å²) < 4.78 is 2.06. The van der Waals surface area contributed by atoms with Crippen molar-refractivity contribution in [2.24, 2.45) is 11.8 Å². The van der Waals surface area contributed by atoms with Gasteiger partial charge in [-0.3, -0.25) is 0 Å². The van der Waals surface area contributed by atoms with Gasteiger partial charge in [-0.05, 0) is 25.7 Å². The molecule has 3 nitrogen and oxygen atoms in total. The highest BCUT2D eigenvalue weighted by atomic mass is 15.1. The Morgan fingerprint density at radius 1 is 1.77 bits per heavy atom. The largest absolute Gasteiger partial charge is 0.334 e. The van der Waals surface area contributed by atoms with E-state index in [0.717, 1.165) is 12.4 Å². The van der Waals surface area contributed by atoms with Crippen LogP contribution in [0.1, 0.15) is 18.7 Å². The fourth-order valence-corrected chi connectivity index (χ4v) is 1.60. The molecule has 1 saturated carbocycles. The molecule has 0 saturated heterocycles. The van der Waals surface area contributed by atoms with Gasteiger partial charge in [0.1, 0.15) is 5.82 Å². The topological polar surface area (TPSA) is 41.6 Å². The van der Waals surface area contributed by atoms with Gasteiger partial charge in [0.2, 0.25) is 0 Å². The van der Waals surface area contributed by atoms with E-state index >= 15 is 0 Å². The zero-order chi connectivity index (χ0) is 9.26. The van der Waals surface area contributed by atoms with E-state index in [1.807, 2.05) is 13.1 Å². The van der Waals surface area contributed by atoms with Crippen molar-refractivity contribution < 1.29 is 0 Å². The van der Waals surface area contributed by atoms with E-state index in [1.54, 1.807) is 6.20 Å². The Hall–Kier alpha value is -1.30. The lowest BCUT2D eigenvalue weighted by Gasteiger charge is -2.09. The molecule has 0 aliphatic heterocycles. The third kappa shape index (κ3) is 1.72. The van der Waals surface area contributed by atoms with Crippen LogP contribution >= 0.6 is 0 Å². The van der Waals surface area contributed by atoms with E-state index in [0.29, 0.717) is 5.92 Å². The summed E-state index contributed by atoms with van der Waals surface area (Å²) in [6, 6.07) is 2.38. The van der Waals surface area contributed by atoms with Gasteiger partial charge in [0.05, 0.1) is 12.0 Å². The smallest absolute Gasteiger partial charge is 0.105 e. The molecular weight excluding hydrogens is 162 g/mol. The van der Waals surface area contributed by atoms with Gasteiger partial charge >= 0.3 is 0 Å². The summed E-state index contributed by atoms with van der Waals surface area (Å²) in [7, 11) is 0. The minimum absolute atomic E-state index is 0.188. The maximum atomic E-state index is 8.94. The highest BCUT2D eigenvalue weighted by molar-refractivity contribution is 4.97. The lowest BCUT2D eigenvalue weighted by atomic mass is 10.1. The van der Waals surface area contributed by atoms with Gasteiger partial charge < -0.3 is 4.57 Å². The lowest BCUT2D eigenvalue weighted by molar-refractivity contribution is 0.480. The normalized spacial score (nSPS) is 18.2. The minimum Gasteiger partial charge on any atom is -0.334 e. The number of rotatable bonds is 3. The molecule has 0 bridgehead atoms. The molecule has 1 aliphatic carbocycles. The van der Waals surface area contributed by atoms with Gasteiger partial charge in [-0.15, -0.1) is 0 Å². The van der Waals surface area contributed by atoms with Crippen molar-refractivity contribution in [3.05, 3.63) is 18.2 Å². The van der Waals surface area contributed by atoms with Crippen LogP contribution in [0.5, 0.6) is 0 Å². The molecular formula is C10H13N3. The molecule has 0 radical (unpaired) electrons. The number of aryl methyl sites for hydroxylation is 1. The van der Waals surface area contributed by atoms with Gasteiger partial charge in [-0.25, -0.2) is 4.98 Å². The van der Waals surface area contributed by atoms with Crippen LogP contribution in [0, 0.1) is 30.1 Å². The lowest BCUT2D eigenvalue weighted by Crippen LogP contribution is -2.11. The quantitative estimate of drug-likeness (QED) is 0.702. The highest BCUT2D eigenvalue weighted by Crippen LogP contribution is 2.37. The molecule has 0 amide bonds. The van der Waals surface area contributed by atoms with E-state index in [9.17, 15) is 0 Å². The first-order valence-corrected chi connectivity index (χ1v) is 4.68. The average Bonchev–Trinajstić information content (AvgIpc) is 2.88. The maximum Gasteiger partial charge on any atom is 0.105 e. The van der Waals surface area contributed by atoms with Crippen molar-refractivity contribution in [1.82, 2.24) is 9.55 Å².